The molecular formula is C70H48N2. The molecule has 0 bridgehead atoms. The molecule has 0 atom stereocenters. The van der Waals surface area contributed by atoms with Crippen LogP contribution in [0.2, 0.25) is 0 Å². The number of nitrogens with zero attached hydrogens (tertiary/aromatic N) is 2. The van der Waals surface area contributed by atoms with Crippen molar-refractivity contribution in [1.29, 1.82) is 0 Å². The number of hydrogen-bond donors (Lipinski definition) is 0. The molecule has 2 nitrogen and oxygen atoms in total. The minimum Gasteiger partial charge on any atom is -0.228 e. The van der Waals surface area contributed by atoms with Gasteiger partial charge in [-0.05, 0) is 112 Å². The molecule has 72 heavy (non-hydrogen) atoms. The highest BCUT2D eigenvalue weighted by atomic mass is 14.9. The van der Waals surface area contributed by atoms with E-state index in [2.05, 4.69) is 269 Å². The molecule has 2 heteroatoms. The SMILES string of the molecule is CC1(C)c2cccc(-c3cccc(-c4ccc(-c5cc(-c6cccc7c6-c6ccccc6C7(c6ccccc6)c6ccccc6)nc(-c6ccccc6)n5)c5ccccc45)c3)c2-c2c1ccc1ccccc21. The molecule has 2 aliphatic carbocycles. The Morgan fingerprint density at radius 1 is 0.292 bits per heavy atom. The lowest BCUT2D eigenvalue weighted by atomic mass is 9.67. The van der Waals surface area contributed by atoms with Crippen molar-refractivity contribution < 1.29 is 0 Å². The highest BCUT2D eigenvalue weighted by Crippen LogP contribution is 2.59. The van der Waals surface area contributed by atoms with Gasteiger partial charge >= 0.3 is 0 Å². The minimum atomic E-state index is -0.526. The quantitative estimate of drug-likeness (QED) is 0.159. The van der Waals surface area contributed by atoms with Crippen LogP contribution in [0.5, 0.6) is 0 Å². The van der Waals surface area contributed by atoms with E-state index in [4.69, 9.17) is 9.97 Å². The number of hydrogen-bond acceptors (Lipinski definition) is 2. The van der Waals surface area contributed by atoms with Crippen LogP contribution in [0.25, 0.3) is 100.0 Å². The van der Waals surface area contributed by atoms with E-state index < -0.39 is 5.41 Å². The maximum absolute atomic E-state index is 5.48. The Labute approximate surface area is 420 Å². The van der Waals surface area contributed by atoms with Gasteiger partial charge in [0.1, 0.15) is 0 Å². The van der Waals surface area contributed by atoms with Crippen LogP contribution in [0.4, 0.5) is 0 Å². The normalized spacial score (nSPS) is 13.6. The van der Waals surface area contributed by atoms with Crippen LogP contribution in [0, 0.1) is 0 Å². The third-order valence-electron chi connectivity index (χ3n) is 15.8. The summed E-state index contributed by atoms with van der Waals surface area (Å²) in [4.78, 5) is 10.9. The van der Waals surface area contributed by atoms with E-state index in [-0.39, 0.29) is 5.41 Å². The number of fused-ring (bicyclic) bond motifs is 9. The Morgan fingerprint density at radius 2 is 0.792 bits per heavy atom. The fourth-order valence-corrected chi connectivity index (χ4v) is 12.6. The van der Waals surface area contributed by atoms with Crippen molar-refractivity contribution in [2.75, 3.05) is 0 Å². The molecule has 0 saturated carbocycles. The summed E-state index contributed by atoms with van der Waals surface area (Å²) in [6, 6.07) is 93.3. The van der Waals surface area contributed by atoms with Crippen LogP contribution in [0.3, 0.4) is 0 Å². The summed E-state index contributed by atoms with van der Waals surface area (Å²) in [6.07, 6.45) is 0. The minimum absolute atomic E-state index is 0.116. The van der Waals surface area contributed by atoms with E-state index in [1.54, 1.807) is 0 Å². The van der Waals surface area contributed by atoms with Gasteiger partial charge in [-0.15, -0.1) is 0 Å². The van der Waals surface area contributed by atoms with Gasteiger partial charge in [-0.1, -0.05) is 257 Å². The maximum atomic E-state index is 5.48. The molecule has 11 aromatic carbocycles. The second kappa shape index (κ2) is 16.3. The smallest absolute Gasteiger partial charge is 0.160 e. The molecule has 0 N–H and O–H groups in total. The molecule has 0 spiro atoms. The lowest BCUT2D eigenvalue weighted by Crippen LogP contribution is -2.28. The molecule has 14 rings (SSSR count). The average Bonchev–Trinajstić information content (AvgIpc) is 3.89. The molecule has 1 aromatic heterocycles. The van der Waals surface area contributed by atoms with Crippen molar-refractivity contribution in [2.45, 2.75) is 24.7 Å². The molecule has 0 unspecified atom stereocenters. The first-order chi connectivity index (χ1) is 35.5. The zero-order chi connectivity index (χ0) is 48.0. The van der Waals surface area contributed by atoms with Gasteiger partial charge in [0, 0.05) is 22.1 Å². The Hall–Kier alpha value is -8.98. The van der Waals surface area contributed by atoms with Gasteiger partial charge in [0.15, 0.2) is 5.82 Å². The average molecular weight is 917 g/mol. The molecule has 0 amide bonds. The summed E-state index contributed by atoms with van der Waals surface area (Å²) >= 11 is 0. The summed E-state index contributed by atoms with van der Waals surface area (Å²) in [7, 11) is 0. The van der Waals surface area contributed by atoms with E-state index in [0.29, 0.717) is 5.82 Å². The first kappa shape index (κ1) is 41.9. The zero-order valence-corrected chi connectivity index (χ0v) is 40.1. The number of benzene rings is 11. The zero-order valence-electron chi connectivity index (χ0n) is 40.1. The Balaban J connectivity index is 0.943. The third kappa shape index (κ3) is 6.22. The van der Waals surface area contributed by atoms with Crippen LogP contribution >= 0.6 is 0 Å². The molecule has 2 aliphatic rings. The molecule has 338 valence electrons. The Kier molecular flexibility index (Phi) is 9.50. The third-order valence-corrected chi connectivity index (χ3v) is 15.8. The van der Waals surface area contributed by atoms with Crippen molar-refractivity contribution in [3.05, 3.63) is 288 Å². The second-order valence-corrected chi connectivity index (χ2v) is 19.9. The summed E-state index contributed by atoms with van der Waals surface area (Å²) in [5, 5.41) is 4.90. The van der Waals surface area contributed by atoms with E-state index in [9.17, 15) is 0 Å². The van der Waals surface area contributed by atoms with Gasteiger partial charge in [-0.2, -0.15) is 0 Å². The summed E-state index contributed by atoms with van der Waals surface area (Å²) < 4.78 is 0. The van der Waals surface area contributed by atoms with E-state index in [1.807, 2.05) is 0 Å². The molecule has 12 aromatic rings. The molecular weight excluding hydrogens is 869 g/mol. The van der Waals surface area contributed by atoms with Crippen molar-refractivity contribution >= 4 is 21.5 Å². The maximum Gasteiger partial charge on any atom is 0.160 e. The van der Waals surface area contributed by atoms with Crippen molar-refractivity contribution in [1.82, 2.24) is 9.97 Å². The van der Waals surface area contributed by atoms with Gasteiger partial charge in [0.2, 0.25) is 0 Å². The highest BCUT2D eigenvalue weighted by molar-refractivity contribution is 6.08. The van der Waals surface area contributed by atoms with Gasteiger partial charge in [0.25, 0.3) is 0 Å². The summed E-state index contributed by atoms with van der Waals surface area (Å²) in [5.74, 6) is 0.693. The standard InChI is InChI=1S/C70H48N2/c1-69(2)60-37-19-34-53(67(60)66-52-30-13-12-21-45(52)39-42-61(66)69)48-25-18-24-47(43-48)51-40-41-56(55-32-15-14-31-54(51)55)63-44-64(72-68(71-63)46-22-6-3-7-23-46)58-35-20-38-62-65(58)57-33-16-17-36-59(57)70(62,49-26-8-4-9-27-49)50-28-10-5-11-29-50/h3-44H,1-2H3. The van der Waals surface area contributed by atoms with E-state index in [0.717, 1.165) is 33.5 Å². The fourth-order valence-electron chi connectivity index (χ4n) is 12.6. The molecule has 0 aliphatic heterocycles. The Bertz CT molecular complexity index is 4070. The molecule has 0 radical (unpaired) electrons. The fraction of sp³-hybridized carbons (Fsp3) is 0.0571. The lowest BCUT2D eigenvalue weighted by molar-refractivity contribution is 0.661. The monoisotopic (exact) mass is 916 g/mol. The van der Waals surface area contributed by atoms with Crippen molar-refractivity contribution in [2.24, 2.45) is 0 Å². The molecule has 0 fully saturated rings. The van der Waals surface area contributed by atoms with E-state index >= 15 is 0 Å². The second-order valence-electron chi connectivity index (χ2n) is 19.9. The van der Waals surface area contributed by atoms with Gasteiger partial charge in [-0.3, -0.25) is 0 Å². The predicted molar refractivity (Wildman–Crippen MR) is 299 cm³/mol. The van der Waals surface area contributed by atoms with Gasteiger partial charge < -0.3 is 0 Å². The van der Waals surface area contributed by atoms with Crippen molar-refractivity contribution in [3.63, 3.8) is 0 Å². The largest absolute Gasteiger partial charge is 0.228 e. The topological polar surface area (TPSA) is 25.8 Å². The van der Waals surface area contributed by atoms with Crippen LogP contribution in [-0.2, 0) is 10.8 Å². The first-order valence-electron chi connectivity index (χ1n) is 25.1. The van der Waals surface area contributed by atoms with Crippen LogP contribution < -0.4 is 0 Å². The molecule has 1 heterocycles. The van der Waals surface area contributed by atoms with E-state index in [1.165, 1.54) is 94.0 Å². The number of aromatic nitrogens is 2. The van der Waals surface area contributed by atoms with Crippen LogP contribution in [0.1, 0.15) is 47.2 Å². The first-order valence-corrected chi connectivity index (χ1v) is 25.1. The molecule has 0 saturated heterocycles. The number of rotatable bonds is 7. The summed E-state index contributed by atoms with van der Waals surface area (Å²) in [6.45, 7) is 4.75. The Morgan fingerprint density at radius 3 is 1.53 bits per heavy atom. The van der Waals surface area contributed by atoms with Crippen LogP contribution in [-0.4, -0.2) is 9.97 Å². The van der Waals surface area contributed by atoms with Gasteiger partial charge in [0.05, 0.1) is 16.8 Å². The van der Waals surface area contributed by atoms with Crippen LogP contribution in [0.15, 0.2) is 255 Å². The van der Waals surface area contributed by atoms with Gasteiger partial charge in [-0.25, -0.2) is 9.97 Å². The predicted octanol–water partition coefficient (Wildman–Crippen LogP) is 17.8. The van der Waals surface area contributed by atoms with Crippen molar-refractivity contribution in [3.8, 4) is 78.4 Å². The summed E-state index contributed by atoms with van der Waals surface area (Å²) in [5.41, 5.74) is 22.0. The lowest BCUT2D eigenvalue weighted by Gasteiger charge is -2.33. The highest BCUT2D eigenvalue weighted by Gasteiger charge is 2.47.